The zero-order chi connectivity index (χ0) is 23.6. The van der Waals surface area contributed by atoms with Gasteiger partial charge in [0, 0.05) is 24.3 Å². The third kappa shape index (κ3) is 5.23. The lowest BCUT2D eigenvalue weighted by Gasteiger charge is -2.28. The van der Waals surface area contributed by atoms with Gasteiger partial charge in [0.2, 0.25) is 10.0 Å². The number of hydrogen-bond donors (Lipinski definition) is 1. The molecule has 0 aliphatic carbocycles. The van der Waals surface area contributed by atoms with Crippen molar-refractivity contribution in [3.05, 3.63) is 89.2 Å². The summed E-state index contributed by atoms with van der Waals surface area (Å²) < 4.78 is 46.1. The molecule has 0 radical (unpaired) electrons. The summed E-state index contributed by atoms with van der Waals surface area (Å²) in [5, 5.41) is 2.87. The number of carbonyl (C=O) groups excluding carboxylic acids is 1. The van der Waals surface area contributed by atoms with Gasteiger partial charge in [0.1, 0.15) is 11.6 Å². The minimum absolute atomic E-state index is 0.0478. The van der Waals surface area contributed by atoms with Crippen LogP contribution in [0.5, 0.6) is 5.75 Å². The Bertz CT molecular complexity index is 1260. The summed E-state index contributed by atoms with van der Waals surface area (Å²) in [4.78, 5) is 12.7. The third-order valence-electron chi connectivity index (χ3n) is 5.38. The van der Waals surface area contributed by atoms with Gasteiger partial charge in [-0.15, -0.1) is 0 Å². The topological polar surface area (TPSA) is 75.7 Å². The lowest BCUT2D eigenvalue weighted by Crippen LogP contribution is -2.36. The summed E-state index contributed by atoms with van der Waals surface area (Å²) in [6.45, 7) is 4.38. The average Bonchev–Trinajstić information content (AvgIpc) is 2.79. The highest BCUT2D eigenvalue weighted by molar-refractivity contribution is 7.89. The van der Waals surface area contributed by atoms with Crippen LogP contribution in [0.15, 0.2) is 71.6 Å². The zero-order valence-corrected chi connectivity index (χ0v) is 19.2. The molecule has 1 aliphatic rings. The molecule has 0 spiro atoms. The van der Waals surface area contributed by atoms with Crippen LogP contribution in [0.3, 0.4) is 0 Å². The van der Waals surface area contributed by atoms with Gasteiger partial charge in [-0.2, -0.15) is 4.31 Å². The zero-order valence-electron chi connectivity index (χ0n) is 18.4. The van der Waals surface area contributed by atoms with E-state index in [4.69, 9.17) is 4.74 Å². The Balaban J connectivity index is 1.48. The van der Waals surface area contributed by atoms with E-state index in [1.54, 1.807) is 30.3 Å². The minimum atomic E-state index is -3.75. The standard InChI is InChI=1S/C25H25FN2O4S/c1-17(2)32-23-9-4-19(5-10-23)25(29)27-22-8-3-18-13-14-28(16-20(18)15-22)33(30,31)24-11-6-21(26)7-12-24/h3-12,15,17H,13-14,16H2,1-2H3,(H,27,29). The van der Waals surface area contributed by atoms with Gasteiger partial charge in [-0.3, -0.25) is 4.79 Å². The van der Waals surface area contributed by atoms with Crippen molar-refractivity contribution in [1.29, 1.82) is 0 Å². The molecule has 0 saturated carbocycles. The number of nitrogens with zero attached hydrogens (tertiary/aromatic N) is 1. The van der Waals surface area contributed by atoms with Crippen molar-refractivity contribution in [3.8, 4) is 5.75 Å². The van der Waals surface area contributed by atoms with E-state index < -0.39 is 15.8 Å². The van der Waals surface area contributed by atoms with Crippen molar-refractivity contribution in [2.45, 2.75) is 37.8 Å². The Kier molecular flexibility index (Phi) is 6.49. The summed E-state index contributed by atoms with van der Waals surface area (Å²) in [6.07, 6.45) is 0.605. The first-order valence-corrected chi connectivity index (χ1v) is 12.1. The first-order valence-electron chi connectivity index (χ1n) is 10.7. The first-order chi connectivity index (χ1) is 15.7. The molecule has 8 heteroatoms. The van der Waals surface area contributed by atoms with E-state index in [1.807, 2.05) is 26.0 Å². The third-order valence-corrected chi connectivity index (χ3v) is 7.24. The number of carbonyl (C=O) groups is 1. The van der Waals surface area contributed by atoms with Crippen LogP contribution in [0, 0.1) is 5.82 Å². The van der Waals surface area contributed by atoms with Gasteiger partial charge in [0.25, 0.3) is 5.91 Å². The van der Waals surface area contributed by atoms with Crippen molar-refractivity contribution in [3.63, 3.8) is 0 Å². The van der Waals surface area contributed by atoms with Gasteiger partial charge in [-0.1, -0.05) is 6.07 Å². The van der Waals surface area contributed by atoms with Gasteiger partial charge < -0.3 is 10.1 Å². The Morgan fingerprint density at radius 2 is 1.70 bits per heavy atom. The van der Waals surface area contributed by atoms with Crippen molar-refractivity contribution in [2.75, 3.05) is 11.9 Å². The van der Waals surface area contributed by atoms with Gasteiger partial charge in [-0.05, 0) is 92.1 Å². The second-order valence-electron chi connectivity index (χ2n) is 8.17. The quantitative estimate of drug-likeness (QED) is 0.573. The minimum Gasteiger partial charge on any atom is -0.491 e. The number of rotatable bonds is 6. The van der Waals surface area contributed by atoms with E-state index in [-0.39, 0.29) is 23.5 Å². The number of halogens is 1. The van der Waals surface area contributed by atoms with Gasteiger partial charge in [0.15, 0.2) is 0 Å². The van der Waals surface area contributed by atoms with Crippen molar-refractivity contribution in [2.24, 2.45) is 0 Å². The summed E-state index contributed by atoms with van der Waals surface area (Å²) in [6, 6.07) is 17.2. The van der Waals surface area contributed by atoms with E-state index in [1.165, 1.54) is 16.4 Å². The first kappa shape index (κ1) is 22.9. The van der Waals surface area contributed by atoms with Gasteiger partial charge in [0.05, 0.1) is 11.0 Å². The maximum absolute atomic E-state index is 13.2. The van der Waals surface area contributed by atoms with Crippen molar-refractivity contribution < 1.29 is 22.3 Å². The summed E-state index contributed by atoms with van der Waals surface area (Å²) in [5.41, 5.74) is 2.94. The number of benzene rings is 3. The van der Waals surface area contributed by atoms with E-state index >= 15 is 0 Å². The van der Waals surface area contributed by atoms with Crippen LogP contribution < -0.4 is 10.1 Å². The van der Waals surface area contributed by atoms with Gasteiger partial charge in [-0.25, -0.2) is 12.8 Å². The number of hydrogen-bond acceptors (Lipinski definition) is 4. The smallest absolute Gasteiger partial charge is 0.255 e. The molecule has 0 atom stereocenters. The Morgan fingerprint density at radius 1 is 1.00 bits per heavy atom. The monoisotopic (exact) mass is 468 g/mol. The molecule has 33 heavy (non-hydrogen) atoms. The van der Waals surface area contributed by atoms with Crippen LogP contribution in [0.2, 0.25) is 0 Å². The number of anilines is 1. The molecule has 1 aliphatic heterocycles. The second-order valence-corrected chi connectivity index (χ2v) is 10.1. The highest BCUT2D eigenvalue weighted by Gasteiger charge is 2.28. The molecule has 3 aromatic carbocycles. The normalized spacial score (nSPS) is 14.1. The largest absolute Gasteiger partial charge is 0.491 e. The molecule has 0 unspecified atom stereocenters. The van der Waals surface area contributed by atoms with Crippen molar-refractivity contribution in [1.82, 2.24) is 4.31 Å². The lowest BCUT2D eigenvalue weighted by atomic mass is 10.0. The maximum atomic E-state index is 13.2. The highest BCUT2D eigenvalue weighted by Crippen LogP contribution is 2.27. The lowest BCUT2D eigenvalue weighted by molar-refractivity contribution is 0.102. The molecule has 0 fully saturated rings. The molecule has 0 aromatic heterocycles. The van der Waals surface area contributed by atoms with Crippen molar-refractivity contribution >= 4 is 21.6 Å². The molecule has 6 nitrogen and oxygen atoms in total. The molecular weight excluding hydrogens is 443 g/mol. The van der Waals surface area contributed by atoms with Gasteiger partial charge >= 0.3 is 0 Å². The van der Waals surface area contributed by atoms with Crippen LogP contribution in [0.25, 0.3) is 0 Å². The summed E-state index contributed by atoms with van der Waals surface area (Å²) in [7, 11) is -3.75. The summed E-state index contributed by atoms with van der Waals surface area (Å²) >= 11 is 0. The molecule has 0 saturated heterocycles. The van der Waals surface area contributed by atoms with E-state index in [0.717, 1.165) is 23.3 Å². The Morgan fingerprint density at radius 3 is 2.36 bits per heavy atom. The Hall–Kier alpha value is -3.23. The highest BCUT2D eigenvalue weighted by atomic mass is 32.2. The van der Waals surface area contributed by atoms with Crippen LogP contribution in [0.4, 0.5) is 10.1 Å². The fourth-order valence-corrected chi connectivity index (χ4v) is 5.15. The second kappa shape index (κ2) is 9.33. The summed E-state index contributed by atoms with van der Waals surface area (Å²) in [5.74, 6) is -0.0594. The maximum Gasteiger partial charge on any atom is 0.255 e. The number of amides is 1. The number of ether oxygens (including phenoxy) is 1. The molecule has 1 N–H and O–H groups in total. The predicted octanol–water partition coefficient (Wildman–Crippen LogP) is 4.61. The van der Waals surface area contributed by atoms with Crippen LogP contribution >= 0.6 is 0 Å². The molecule has 4 rings (SSSR count). The van der Waals surface area contributed by atoms with Crippen LogP contribution in [0.1, 0.15) is 35.3 Å². The number of fused-ring (bicyclic) bond motifs is 1. The van der Waals surface area contributed by atoms with Crippen LogP contribution in [-0.4, -0.2) is 31.3 Å². The number of nitrogens with one attached hydrogen (secondary N) is 1. The van der Waals surface area contributed by atoms with E-state index in [9.17, 15) is 17.6 Å². The predicted molar refractivity (Wildman–Crippen MR) is 124 cm³/mol. The number of sulfonamides is 1. The van der Waals surface area contributed by atoms with E-state index in [2.05, 4.69) is 5.32 Å². The SMILES string of the molecule is CC(C)Oc1ccc(C(=O)Nc2ccc3c(c2)CN(S(=O)(=O)c2ccc(F)cc2)CC3)cc1. The molecule has 0 bridgehead atoms. The van der Waals surface area contributed by atoms with E-state index in [0.29, 0.717) is 30.0 Å². The molecule has 3 aromatic rings. The molecule has 1 amide bonds. The molecule has 172 valence electrons. The average molecular weight is 469 g/mol. The Labute approximate surface area is 193 Å². The fraction of sp³-hybridized carbons (Fsp3) is 0.240. The fourth-order valence-electron chi connectivity index (χ4n) is 3.73. The van der Waals surface area contributed by atoms with Crippen LogP contribution in [-0.2, 0) is 23.0 Å². The molecular formula is C25H25FN2O4S. The molecule has 1 heterocycles.